The fourth-order valence-electron chi connectivity index (χ4n) is 2.53. The molecule has 0 aromatic heterocycles. The molecule has 0 radical (unpaired) electrons. The zero-order valence-electron chi connectivity index (χ0n) is 12.2. The summed E-state index contributed by atoms with van der Waals surface area (Å²) in [7, 11) is 1.37. The first-order chi connectivity index (χ1) is 10.3. The van der Waals surface area contributed by atoms with Gasteiger partial charge < -0.3 is 14.7 Å². The van der Waals surface area contributed by atoms with Crippen molar-refractivity contribution in [2.24, 2.45) is 5.92 Å². The molecule has 22 heavy (non-hydrogen) atoms. The summed E-state index contributed by atoms with van der Waals surface area (Å²) in [5.74, 6) is -1.70. The van der Waals surface area contributed by atoms with Crippen LogP contribution in [0.25, 0.3) is 0 Å². The van der Waals surface area contributed by atoms with Crippen LogP contribution < -0.4 is 4.74 Å². The van der Waals surface area contributed by atoms with Gasteiger partial charge in [-0.1, -0.05) is 0 Å². The van der Waals surface area contributed by atoms with E-state index in [4.69, 9.17) is 9.84 Å². The number of carboxylic acids is 1. The molecule has 0 saturated carbocycles. The van der Waals surface area contributed by atoms with Crippen LogP contribution in [0.1, 0.15) is 22.3 Å². The molecule has 118 valence electrons. The largest absolute Gasteiger partial charge is 0.496 e. The highest BCUT2D eigenvalue weighted by Crippen LogP contribution is 2.30. The van der Waals surface area contributed by atoms with Gasteiger partial charge in [-0.15, -0.1) is 0 Å². The second-order valence-corrected chi connectivity index (χ2v) is 5.15. The topological polar surface area (TPSA) is 110 Å². The van der Waals surface area contributed by atoms with Gasteiger partial charge in [0.15, 0.2) is 0 Å². The molecular weight excluding hydrogens is 292 g/mol. The molecule has 0 bridgehead atoms. The third-order valence-corrected chi connectivity index (χ3v) is 3.82. The molecule has 1 fully saturated rings. The van der Waals surface area contributed by atoms with Crippen molar-refractivity contribution >= 4 is 17.6 Å². The summed E-state index contributed by atoms with van der Waals surface area (Å²) in [6, 6.07) is 2.65. The molecular formula is C14H16N2O6. The highest BCUT2D eigenvalue weighted by molar-refractivity contribution is 5.96. The van der Waals surface area contributed by atoms with Gasteiger partial charge in [0.25, 0.3) is 11.6 Å². The Balaban J connectivity index is 2.32. The van der Waals surface area contributed by atoms with Gasteiger partial charge in [0, 0.05) is 19.2 Å². The van der Waals surface area contributed by atoms with Crippen molar-refractivity contribution < 1.29 is 24.4 Å². The molecule has 1 N–H and O–H groups in total. The molecule has 1 amide bonds. The standard InChI is InChI=1S/C14H16N2O6/c1-8-11(16(20)21)5-10(6-12(8)22-2)13(17)15-4-3-9(7-15)14(18)19/h5-6,9H,3-4,7H2,1-2H3,(H,18,19). The van der Waals surface area contributed by atoms with Crippen molar-refractivity contribution in [3.8, 4) is 5.75 Å². The minimum atomic E-state index is -0.942. The number of carbonyl (C=O) groups is 2. The summed E-state index contributed by atoms with van der Waals surface area (Å²) in [6.45, 7) is 1.97. The van der Waals surface area contributed by atoms with Gasteiger partial charge in [0.05, 0.1) is 29.1 Å². The van der Waals surface area contributed by atoms with Crippen LogP contribution in [-0.2, 0) is 4.79 Å². The number of benzene rings is 1. The Kier molecular flexibility index (Phi) is 4.30. The Bertz CT molecular complexity index is 642. The van der Waals surface area contributed by atoms with Crippen molar-refractivity contribution in [1.29, 1.82) is 0 Å². The van der Waals surface area contributed by atoms with Crippen molar-refractivity contribution in [3.63, 3.8) is 0 Å². The Morgan fingerprint density at radius 3 is 2.64 bits per heavy atom. The van der Waals surface area contributed by atoms with E-state index in [2.05, 4.69) is 0 Å². The number of carboxylic acid groups (broad SMARTS) is 1. The summed E-state index contributed by atoms with van der Waals surface area (Å²) in [6.07, 6.45) is 0.381. The normalized spacial score (nSPS) is 17.4. The van der Waals surface area contributed by atoms with Gasteiger partial charge in [-0.2, -0.15) is 0 Å². The molecule has 0 aliphatic carbocycles. The van der Waals surface area contributed by atoms with E-state index in [1.54, 1.807) is 6.92 Å². The maximum absolute atomic E-state index is 12.4. The van der Waals surface area contributed by atoms with E-state index in [0.717, 1.165) is 0 Å². The molecule has 1 saturated heterocycles. The summed E-state index contributed by atoms with van der Waals surface area (Å²) in [4.78, 5) is 35.3. The number of ether oxygens (including phenoxy) is 1. The number of nitrogens with zero attached hydrogens (tertiary/aromatic N) is 2. The molecule has 1 aliphatic rings. The van der Waals surface area contributed by atoms with Gasteiger partial charge in [-0.3, -0.25) is 19.7 Å². The fourth-order valence-corrected chi connectivity index (χ4v) is 2.53. The van der Waals surface area contributed by atoms with Crippen LogP contribution in [0.2, 0.25) is 0 Å². The minimum absolute atomic E-state index is 0.109. The lowest BCUT2D eigenvalue weighted by atomic mass is 10.1. The first kappa shape index (κ1) is 15.7. The number of methoxy groups -OCH3 is 1. The lowest BCUT2D eigenvalue weighted by Crippen LogP contribution is -2.30. The van der Waals surface area contributed by atoms with Crippen LogP contribution >= 0.6 is 0 Å². The van der Waals surface area contributed by atoms with Gasteiger partial charge >= 0.3 is 5.97 Å². The van der Waals surface area contributed by atoms with Crippen LogP contribution in [0.5, 0.6) is 5.75 Å². The zero-order valence-corrected chi connectivity index (χ0v) is 12.2. The van der Waals surface area contributed by atoms with E-state index in [1.807, 2.05) is 0 Å². The Morgan fingerprint density at radius 2 is 2.14 bits per heavy atom. The van der Waals surface area contributed by atoms with Gasteiger partial charge in [0.1, 0.15) is 5.75 Å². The van der Waals surface area contributed by atoms with Crippen LogP contribution in [0.4, 0.5) is 5.69 Å². The summed E-state index contributed by atoms with van der Waals surface area (Å²) >= 11 is 0. The molecule has 1 unspecified atom stereocenters. The number of nitro groups is 1. The van der Waals surface area contributed by atoms with E-state index >= 15 is 0 Å². The number of carbonyl (C=O) groups excluding carboxylic acids is 1. The molecule has 1 atom stereocenters. The molecule has 8 heteroatoms. The summed E-state index contributed by atoms with van der Waals surface area (Å²) in [5.41, 5.74) is 0.269. The third kappa shape index (κ3) is 2.85. The monoisotopic (exact) mass is 308 g/mol. The van der Waals surface area contributed by atoms with E-state index in [0.29, 0.717) is 18.5 Å². The van der Waals surface area contributed by atoms with Crippen LogP contribution in [0, 0.1) is 23.0 Å². The number of hydrogen-bond acceptors (Lipinski definition) is 5. The maximum Gasteiger partial charge on any atom is 0.308 e. The van der Waals surface area contributed by atoms with Gasteiger partial charge in [-0.25, -0.2) is 0 Å². The van der Waals surface area contributed by atoms with Crippen molar-refractivity contribution in [2.45, 2.75) is 13.3 Å². The molecule has 1 heterocycles. The summed E-state index contributed by atoms with van der Waals surface area (Å²) < 4.78 is 5.08. The SMILES string of the molecule is COc1cc(C(=O)N2CCC(C(=O)O)C2)cc([N+](=O)[O-])c1C. The van der Waals surface area contributed by atoms with E-state index < -0.39 is 22.7 Å². The summed E-state index contributed by atoms with van der Waals surface area (Å²) in [5, 5.41) is 20.0. The molecule has 1 aromatic carbocycles. The predicted molar refractivity (Wildman–Crippen MR) is 76.0 cm³/mol. The predicted octanol–water partition coefficient (Wildman–Crippen LogP) is 1.46. The number of hydrogen-bond donors (Lipinski definition) is 1. The number of amides is 1. The maximum atomic E-state index is 12.4. The highest BCUT2D eigenvalue weighted by Gasteiger charge is 2.32. The van der Waals surface area contributed by atoms with E-state index in [1.165, 1.54) is 24.1 Å². The molecule has 1 aliphatic heterocycles. The highest BCUT2D eigenvalue weighted by atomic mass is 16.6. The fraction of sp³-hybridized carbons (Fsp3) is 0.429. The lowest BCUT2D eigenvalue weighted by molar-refractivity contribution is -0.385. The van der Waals surface area contributed by atoms with Crippen molar-refractivity contribution in [2.75, 3.05) is 20.2 Å². The van der Waals surface area contributed by atoms with E-state index in [9.17, 15) is 19.7 Å². The van der Waals surface area contributed by atoms with Gasteiger partial charge in [0.2, 0.25) is 0 Å². The molecule has 0 spiro atoms. The van der Waals surface area contributed by atoms with Gasteiger partial charge in [-0.05, 0) is 19.4 Å². The molecule has 2 rings (SSSR count). The zero-order chi connectivity index (χ0) is 16.4. The quantitative estimate of drug-likeness (QED) is 0.666. The Morgan fingerprint density at radius 1 is 1.45 bits per heavy atom. The van der Waals surface area contributed by atoms with Crippen LogP contribution in [-0.4, -0.2) is 47.0 Å². The number of rotatable bonds is 4. The first-order valence-corrected chi connectivity index (χ1v) is 6.70. The second kappa shape index (κ2) is 6.00. The lowest BCUT2D eigenvalue weighted by Gasteiger charge is -2.17. The number of aliphatic carboxylic acids is 1. The van der Waals surface area contributed by atoms with Crippen LogP contribution in [0.3, 0.4) is 0 Å². The number of nitro benzene ring substituents is 1. The number of likely N-dealkylation sites (tertiary alicyclic amines) is 1. The Hall–Kier alpha value is -2.64. The minimum Gasteiger partial charge on any atom is -0.496 e. The van der Waals surface area contributed by atoms with Crippen molar-refractivity contribution in [1.82, 2.24) is 4.90 Å². The second-order valence-electron chi connectivity index (χ2n) is 5.15. The smallest absolute Gasteiger partial charge is 0.308 e. The average Bonchev–Trinajstić information content (AvgIpc) is 2.96. The molecule has 8 nitrogen and oxygen atoms in total. The van der Waals surface area contributed by atoms with Crippen LogP contribution in [0.15, 0.2) is 12.1 Å². The average molecular weight is 308 g/mol. The Labute approximate surface area is 126 Å². The van der Waals surface area contributed by atoms with E-state index in [-0.39, 0.29) is 23.5 Å². The third-order valence-electron chi connectivity index (χ3n) is 3.82. The molecule has 1 aromatic rings. The first-order valence-electron chi connectivity index (χ1n) is 6.70. The van der Waals surface area contributed by atoms with Crippen molar-refractivity contribution in [3.05, 3.63) is 33.4 Å².